The smallest absolute Gasteiger partial charge is 0.142 e. The number of benzene rings is 1. The van der Waals surface area contributed by atoms with E-state index >= 15 is 0 Å². The lowest BCUT2D eigenvalue weighted by Gasteiger charge is -2.10. The standard InChI is InChI=1S/C12H18N2O/c1-13-7-6-9-8-14-12-10(9)4-3-5-11(12)15-2/h3-5,9,13-14H,6-8H2,1-2H3. The van der Waals surface area contributed by atoms with E-state index in [9.17, 15) is 0 Å². The van der Waals surface area contributed by atoms with Gasteiger partial charge in [-0.15, -0.1) is 0 Å². The van der Waals surface area contributed by atoms with E-state index in [0.29, 0.717) is 5.92 Å². The maximum absolute atomic E-state index is 5.33. The Morgan fingerprint density at radius 1 is 1.53 bits per heavy atom. The molecule has 0 aromatic heterocycles. The molecule has 15 heavy (non-hydrogen) atoms. The molecule has 0 saturated carbocycles. The second-order valence-electron chi connectivity index (χ2n) is 3.89. The summed E-state index contributed by atoms with van der Waals surface area (Å²) < 4.78 is 5.33. The number of hydrogen-bond acceptors (Lipinski definition) is 3. The molecule has 1 atom stereocenters. The summed E-state index contributed by atoms with van der Waals surface area (Å²) in [6.45, 7) is 2.08. The first-order valence-electron chi connectivity index (χ1n) is 5.42. The van der Waals surface area contributed by atoms with E-state index in [-0.39, 0.29) is 0 Å². The zero-order chi connectivity index (χ0) is 10.7. The van der Waals surface area contributed by atoms with E-state index in [1.807, 2.05) is 13.1 Å². The lowest BCUT2D eigenvalue weighted by Crippen LogP contribution is -2.13. The van der Waals surface area contributed by atoms with Gasteiger partial charge in [-0.3, -0.25) is 0 Å². The predicted octanol–water partition coefficient (Wildman–Crippen LogP) is 1.81. The molecular formula is C12H18N2O. The number of rotatable bonds is 4. The van der Waals surface area contributed by atoms with Crippen molar-refractivity contribution >= 4 is 5.69 Å². The first kappa shape index (κ1) is 10.3. The number of nitrogens with one attached hydrogen (secondary N) is 2. The Labute approximate surface area is 90.8 Å². The Bertz CT molecular complexity index is 338. The third kappa shape index (κ3) is 1.92. The second-order valence-corrected chi connectivity index (χ2v) is 3.89. The molecule has 82 valence electrons. The molecule has 1 aliphatic rings. The van der Waals surface area contributed by atoms with Gasteiger partial charge in [-0.1, -0.05) is 12.1 Å². The van der Waals surface area contributed by atoms with E-state index in [4.69, 9.17) is 4.74 Å². The number of para-hydroxylation sites is 1. The molecule has 3 heteroatoms. The molecule has 2 N–H and O–H groups in total. The second kappa shape index (κ2) is 4.53. The van der Waals surface area contributed by atoms with E-state index in [2.05, 4.69) is 22.8 Å². The Kier molecular flexibility index (Phi) is 3.11. The number of methoxy groups -OCH3 is 1. The average Bonchev–Trinajstić information content (AvgIpc) is 2.69. The Morgan fingerprint density at radius 3 is 3.13 bits per heavy atom. The molecule has 1 aromatic carbocycles. The van der Waals surface area contributed by atoms with Gasteiger partial charge in [0.2, 0.25) is 0 Å². The van der Waals surface area contributed by atoms with Crippen LogP contribution in [0.25, 0.3) is 0 Å². The minimum Gasteiger partial charge on any atom is -0.495 e. The van der Waals surface area contributed by atoms with E-state index < -0.39 is 0 Å². The fourth-order valence-corrected chi connectivity index (χ4v) is 2.16. The highest BCUT2D eigenvalue weighted by Gasteiger charge is 2.23. The molecule has 3 nitrogen and oxygen atoms in total. The number of anilines is 1. The molecule has 1 aromatic rings. The van der Waals surface area contributed by atoms with Crippen molar-refractivity contribution in [3.8, 4) is 5.75 Å². The van der Waals surface area contributed by atoms with Crippen LogP contribution in [0.4, 0.5) is 5.69 Å². The first-order valence-corrected chi connectivity index (χ1v) is 5.42. The lowest BCUT2D eigenvalue weighted by molar-refractivity contribution is 0.416. The molecule has 1 unspecified atom stereocenters. The third-order valence-electron chi connectivity index (χ3n) is 2.99. The average molecular weight is 206 g/mol. The van der Waals surface area contributed by atoms with E-state index in [0.717, 1.165) is 18.8 Å². The minimum absolute atomic E-state index is 0.613. The van der Waals surface area contributed by atoms with Crippen LogP contribution in [0.3, 0.4) is 0 Å². The quantitative estimate of drug-likeness (QED) is 0.788. The van der Waals surface area contributed by atoms with Crippen molar-refractivity contribution in [1.82, 2.24) is 5.32 Å². The van der Waals surface area contributed by atoms with Crippen molar-refractivity contribution in [3.63, 3.8) is 0 Å². The Hall–Kier alpha value is -1.22. The van der Waals surface area contributed by atoms with Gasteiger partial charge in [0, 0.05) is 12.5 Å². The largest absolute Gasteiger partial charge is 0.495 e. The maximum Gasteiger partial charge on any atom is 0.142 e. The summed E-state index contributed by atoms with van der Waals surface area (Å²) in [6, 6.07) is 6.27. The Morgan fingerprint density at radius 2 is 2.40 bits per heavy atom. The van der Waals surface area contributed by atoms with Crippen LogP contribution in [-0.4, -0.2) is 27.2 Å². The predicted molar refractivity (Wildman–Crippen MR) is 62.8 cm³/mol. The van der Waals surface area contributed by atoms with Crippen LogP contribution in [0.2, 0.25) is 0 Å². The summed E-state index contributed by atoms with van der Waals surface area (Å²) in [7, 11) is 3.72. The molecule has 0 amide bonds. The zero-order valence-corrected chi connectivity index (χ0v) is 9.34. The molecule has 0 spiro atoms. The molecule has 2 rings (SSSR count). The van der Waals surface area contributed by atoms with Gasteiger partial charge in [-0.2, -0.15) is 0 Å². The van der Waals surface area contributed by atoms with Crippen LogP contribution in [0.5, 0.6) is 5.75 Å². The molecule has 1 heterocycles. The molecule has 0 aliphatic carbocycles. The van der Waals surface area contributed by atoms with Gasteiger partial charge in [0.25, 0.3) is 0 Å². The third-order valence-corrected chi connectivity index (χ3v) is 2.99. The lowest BCUT2D eigenvalue weighted by atomic mass is 9.98. The molecule has 0 bridgehead atoms. The van der Waals surface area contributed by atoms with Gasteiger partial charge in [0.1, 0.15) is 5.75 Å². The summed E-state index contributed by atoms with van der Waals surface area (Å²) in [6.07, 6.45) is 1.17. The molecule has 0 radical (unpaired) electrons. The molecule has 0 saturated heterocycles. The van der Waals surface area contributed by atoms with Crippen LogP contribution in [0.15, 0.2) is 18.2 Å². The number of ether oxygens (including phenoxy) is 1. The van der Waals surface area contributed by atoms with Crippen molar-refractivity contribution in [3.05, 3.63) is 23.8 Å². The first-order chi connectivity index (χ1) is 7.36. The monoisotopic (exact) mass is 206 g/mol. The fraction of sp³-hybridized carbons (Fsp3) is 0.500. The maximum atomic E-state index is 5.33. The van der Waals surface area contributed by atoms with E-state index in [1.165, 1.54) is 17.7 Å². The highest BCUT2D eigenvalue weighted by Crippen LogP contribution is 2.39. The van der Waals surface area contributed by atoms with Crippen LogP contribution < -0.4 is 15.4 Å². The van der Waals surface area contributed by atoms with Crippen molar-refractivity contribution in [1.29, 1.82) is 0 Å². The summed E-state index contributed by atoms with van der Waals surface area (Å²) in [5.41, 5.74) is 2.57. The summed E-state index contributed by atoms with van der Waals surface area (Å²) in [4.78, 5) is 0. The van der Waals surface area contributed by atoms with E-state index in [1.54, 1.807) is 7.11 Å². The molecule has 1 aliphatic heterocycles. The zero-order valence-electron chi connectivity index (χ0n) is 9.34. The van der Waals surface area contributed by atoms with Gasteiger partial charge in [0.15, 0.2) is 0 Å². The number of hydrogen-bond donors (Lipinski definition) is 2. The van der Waals surface area contributed by atoms with Crippen molar-refractivity contribution in [2.75, 3.05) is 32.6 Å². The van der Waals surface area contributed by atoms with Crippen molar-refractivity contribution < 1.29 is 4.74 Å². The Balaban J connectivity index is 2.19. The van der Waals surface area contributed by atoms with Crippen molar-refractivity contribution in [2.24, 2.45) is 0 Å². The SMILES string of the molecule is CNCCC1CNc2c(OC)cccc21. The van der Waals surface area contributed by atoms with Gasteiger partial charge < -0.3 is 15.4 Å². The molecular weight excluding hydrogens is 188 g/mol. The highest BCUT2D eigenvalue weighted by molar-refractivity contribution is 5.66. The topological polar surface area (TPSA) is 33.3 Å². The van der Waals surface area contributed by atoms with Gasteiger partial charge in [0.05, 0.1) is 12.8 Å². The minimum atomic E-state index is 0.613. The van der Waals surface area contributed by atoms with Crippen LogP contribution in [0.1, 0.15) is 17.9 Å². The van der Waals surface area contributed by atoms with Crippen LogP contribution in [-0.2, 0) is 0 Å². The van der Waals surface area contributed by atoms with Gasteiger partial charge in [-0.05, 0) is 31.6 Å². The van der Waals surface area contributed by atoms with Gasteiger partial charge in [-0.25, -0.2) is 0 Å². The fourth-order valence-electron chi connectivity index (χ4n) is 2.16. The van der Waals surface area contributed by atoms with Crippen molar-refractivity contribution in [2.45, 2.75) is 12.3 Å². The van der Waals surface area contributed by atoms with Crippen LogP contribution in [0, 0.1) is 0 Å². The summed E-state index contributed by atoms with van der Waals surface area (Å²) in [5, 5.41) is 6.62. The molecule has 0 fully saturated rings. The summed E-state index contributed by atoms with van der Waals surface area (Å²) >= 11 is 0. The normalized spacial score (nSPS) is 18.4. The van der Waals surface area contributed by atoms with Gasteiger partial charge >= 0.3 is 0 Å². The highest BCUT2D eigenvalue weighted by atomic mass is 16.5. The van der Waals surface area contributed by atoms with Crippen LogP contribution >= 0.6 is 0 Å². The number of fused-ring (bicyclic) bond motifs is 1. The summed E-state index contributed by atoms with van der Waals surface area (Å²) in [5.74, 6) is 1.57.